The lowest BCUT2D eigenvalue weighted by Gasteiger charge is -2.51. The van der Waals surface area contributed by atoms with E-state index < -0.39 is 377 Å². The fraction of sp³-hybridized carbons (Fsp3) is 0.923. The van der Waals surface area contributed by atoms with Gasteiger partial charge in [-0.25, -0.2) is 4.79 Å². The molecule has 31 N–H and O–H groups in total. The second kappa shape index (κ2) is 42.1. The van der Waals surface area contributed by atoms with E-state index in [9.17, 15) is 162 Å². The van der Waals surface area contributed by atoms with E-state index in [4.69, 9.17) is 80.5 Å². The van der Waals surface area contributed by atoms with Gasteiger partial charge >= 0.3 is 5.97 Å². The molecule has 0 aromatic rings. The highest BCUT2D eigenvalue weighted by Crippen LogP contribution is 2.41. The van der Waals surface area contributed by atoms with Crippen LogP contribution < -0.4 is 21.3 Å². The summed E-state index contributed by atoms with van der Waals surface area (Å²) in [6, 6.07) is -7.60. The van der Waals surface area contributed by atoms with Crippen molar-refractivity contribution < 1.29 is 242 Å². The molecular formula is C65H108N4O49. The van der Waals surface area contributed by atoms with Crippen LogP contribution in [0, 0.1) is 0 Å². The molecule has 53 nitrogen and oxygen atoms in total. The summed E-state index contributed by atoms with van der Waals surface area (Å²) in [5, 5.41) is 306. The van der Waals surface area contributed by atoms with Crippen LogP contribution in [0.1, 0.15) is 34.1 Å². The van der Waals surface area contributed by atoms with E-state index in [1.807, 2.05) is 0 Å². The van der Waals surface area contributed by atoms with Crippen molar-refractivity contribution in [2.75, 3.05) is 59.5 Å². The van der Waals surface area contributed by atoms with E-state index in [-0.39, 0.29) is 0 Å². The van der Waals surface area contributed by atoms with Gasteiger partial charge in [0.15, 0.2) is 50.3 Å². The van der Waals surface area contributed by atoms with Gasteiger partial charge < -0.3 is 240 Å². The first-order valence-electron chi connectivity index (χ1n) is 37.3. The third-order valence-electron chi connectivity index (χ3n) is 21.4. The van der Waals surface area contributed by atoms with Crippen LogP contribution in [0.5, 0.6) is 0 Å². The number of carbonyl (C=O) groups is 5. The van der Waals surface area contributed by atoms with Gasteiger partial charge in [-0.2, -0.15) is 0 Å². The molecule has 0 spiro atoms. The van der Waals surface area contributed by atoms with Gasteiger partial charge in [0, 0.05) is 27.2 Å². The van der Waals surface area contributed by atoms with Gasteiger partial charge in [0.1, 0.15) is 214 Å². The first-order chi connectivity index (χ1) is 55.6. The molecule has 0 radical (unpaired) electrons. The van der Waals surface area contributed by atoms with Gasteiger partial charge in [0.25, 0.3) is 5.79 Å². The molecule has 9 saturated heterocycles. The van der Waals surface area contributed by atoms with Gasteiger partial charge in [-0.1, -0.05) is 0 Å². The molecule has 46 atom stereocenters. The molecule has 0 aromatic heterocycles. The van der Waals surface area contributed by atoms with E-state index in [0.717, 1.165) is 20.8 Å². The highest BCUT2D eigenvalue weighted by molar-refractivity contribution is 5.78. The Morgan fingerprint density at radius 1 is 0.381 bits per heavy atom. The molecular weight excluding hydrogens is 1620 g/mol. The topological polar surface area (TPSA) is 837 Å². The van der Waals surface area contributed by atoms with Crippen LogP contribution in [0.25, 0.3) is 0 Å². The van der Waals surface area contributed by atoms with Crippen LogP contribution in [0.2, 0.25) is 0 Å². The molecule has 9 aliphatic rings. The number of hydrogen-bond donors (Lipinski definition) is 31. The molecule has 0 saturated carbocycles. The van der Waals surface area contributed by atoms with Crippen molar-refractivity contribution in [3.63, 3.8) is 0 Å². The summed E-state index contributed by atoms with van der Waals surface area (Å²) in [5.74, 6) is -9.25. The average Bonchev–Trinajstić information content (AvgIpc) is 0.767. The lowest BCUT2D eigenvalue weighted by Crippen LogP contribution is -2.71. The lowest BCUT2D eigenvalue weighted by atomic mass is 9.88. The molecule has 9 heterocycles. The number of nitrogens with one attached hydrogen (secondary N) is 4. The van der Waals surface area contributed by atoms with E-state index in [1.54, 1.807) is 0 Å². The number of carboxylic acid groups (broad SMARTS) is 1. The van der Waals surface area contributed by atoms with Crippen molar-refractivity contribution in [2.24, 2.45) is 0 Å². The Kier molecular flexibility index (Phi) is 34.7. The summed E-state index contributed by atoms with van der Waals surface area (Å²) < 4.78 is 99.5. The van der Waals surface area contributed by atoms with Crippen LogP contribution in [-0.4, -0.2) is 509 Å². The summed E-state index contributed by atoms with van der Waals surface area (Å²) in [5.41, 5.74) is 0. The number of aliphatic hydroxyl groups excluding tert-OH is 26. The van der Waals surface area contributed by atoms with Crippen LogP contribution in [0.15, 0.2) is 0 Å². The quantitative estimate of drug-likeness (QED) is 0.0297. The number of carboxylic acids is 1. The average molecular weight is 1730 g/mol. The smallest absolute Gasteiger partial charge is 0.364 e. The highest BCUT2D eigenvalue weighted by Gasteiger charge is 2.62. The van der Waals surface area contributed by atoms with Crippen LogP contribution in [0.3, 0.4) is 0 Å². The number of aliphatic hydroxyl groups is 26. The van der Waals surface area contributed by atoms with Crippen molar-refractivity contribution in [1.29, 1.82) is 0 Å². The number of hydrogen-bond acceptors (Lipinski definition) is 48. The molecule has 0 aliphatic carbocycles. The first kappa shape index (κ1) is 97.4. The van der Waals surface area contributed by atoms with Gasteiger partial charge in [-0.3, -0.25) is 19.2 Å². The molecule has 682 valence electrons. The van der Waals surface area contributed by atoms with E-state index in [1.165, 1.54) is 6.92 Å². The summed E-state index contributed by atoms with van der Waals surface area (Å²) in [6.07, 6.45) is -87.7. The zero-order chi connectivity index (χ0) is 87.3. The maximum atomic E-state index is 13.1. The molecule has 4 amide bonds. The maximum Gasteiger partial charge on any atom is 0.364 e. The molecule has 9 rings (SSSR count). The Hall–Kier alpha value is -4.37. The van der Waals surface area contributed by atoms with Crippen molar-refractivity contribution in [2.45, 2.75) is 316 Å². The molecule has 0 aromatic carbocycles. The summed E-state index contributed by atoms with van der Waals surface area (Å²) >= 11 is 0. The zero-order valence-corrected chi connectivity index (χ0v) is 63.1. The SMILES string of the molecule is CC(=O)N[C@@H]1[C@@H](O)[C@H](O[C@@H]2O[C@H](CO)[C@@H](O[C@@H]3O[C@H](CO[C@H]4O[C@H](CO)[C@@H](O)[C@H](O)[C@@H]4O)[C@@H](O)[C@H](O[C@H]4O[C@H](CO)[C@@H](O)[C@H](O)[C@@H]4O[C@@H]4O[C@H](CO)[C@@H](O[C@@H]5O[C@H](CO[C@]6(C(=O)O)C[C@H](O)[C@@H](NC(=O)CO)[C@H]([C@H](O)[C@H](O)CO)O6)[C@H](O)[C@H](O)[C@H]5O)[C@H](O)[C@H]4NC(C)=O)[C@@H]3O)[C@H](O)[C@H]2NC(C)=O)[C@@H](CO[C@@H]2O[C@@H](C)[C@@H](O)[C@@H](O)[C@@H]2O)O[C@H]1O. The molecule has 9 aliphatic heterocycles. The lowest BCUT2D eigenvalue weighted by molar-refractivity contribution is -0.398. The highest BCUT2D eigenvalue weighted by atomic mass is 16.8. The van der Waals surface area contributed by atoms with E-state index in [0.29, 0.717) is 0 Å². The number of rotatable bonds is 32. The third-order valence-corrected chi connectivity index (χ3v) is 21.4. The fourth-order valence-corrected chi connectivity index (χ4v) is 14.9. The van der Waals surface area contributed by atoms with Crippen molar-refractivity contribution in [3.05, 3.63) is 0 Å². The number of carbonyl (C=O) groups excluding carboxylic acids is 4. The largest absolute Gasteiger partial charge is 0.477 e. The first-order valence-corrected chi connectivity index (χ1v) is 37.3. The van der Waals surface area contributed by atoms with Crippen LogP contribution >= 0.6 is 0 Å². The maximum absolute atomic E-state index is 13.1. The normalized spacial score (nSPS) is 47.6. The Balaban J connectivity index is 0.982. The number of ether oxygens (including phenoxy) is 17. The van der Waals surface area contributed by atoms with Gasteiger partial charge in [0.2, 0.25) is 23.6 Å². The zero-order valence-electron chi connectivity index (χ0n) is 63.1. The molecule has 118 heavy (non-hydrogen) atoms. The Morgan fingerprint density at radius 2 is 0.780 bits per heavy atom. The van der Waals surface area contributed by atoms with Gasteiger partial charge in [0.05, 0.1) is 71.1 Å². The second-order valence-electron chi connectivity index (χ2n) is 29.7. The fourth-order valence-electron chi connectivity index (χ4n) is 14.9. The number of amides is 4. The predicted octanol–water partition coefficient (Wildman–Crippen LogP) is -20.8. The minimum absolute atomic E-state index is 0.830. The molecule has 0 bridgehead atoms. The second-order valence-corrected chi connectivity index (χ2v) is 29.7. The van der Waals surface area contributed by atoms with Crippen LogP contribution in [0.4, 0.5) is 0 Å². The van der Waals surface area contributed by atoms with E-state index in [2.05, 4.69) is 21.3 Å². The van der Waals surface area contributed by atoms with Crippen molar-refractivity contribution in [1.82, 2.24) is 21.3 Å². The minimum Gasteiger partial charge on any atom is -0.477 e. The Labute approximate surface area is 666 Å². The van der Waals surface area contributed by atoms with Crippen LogP contribution in [-0.2, 0) is 104 Å². The summed E-state index contributed by atoms with van der Waals surface area (Å²) in [4.78, 5) is 63.8. The Bertz CT molecular complexity index is 3210. The molecule has 9 fully saturated rings. The Morgan fingerprint density at radius 3 is 1.28 bits per heavy atom. The third kappa shape index (κ3) is 21.6. The van der Waals surface area contributed by atoms with Gasteiger partial charge in [-0.15, -0.1) is 0 Å². The minimum atomic E-state index is -3.14. The van der Waals surface area contributed by atoms with Crippen molar-refractivity contribution >= 4 is 29.6 Å². The summed E-state index contributed by atoms with van der Waals surface area (Å²) in [6.45, 7) is -6.13. The number of aliphatic carboxylic acids is 1. The summed E-state index contributed by atoms with van der Waals surface area (Å²) in [7, 11) is 0. The molecule has 53 heteroatoms. The predicted molar refractivity (Wildman–Crippen MR) is 361 cm³/mol. The van der Waals surface area contributed by atoms with Gasteiger partial charge in [-0.05, 0) is 6.92 Å². The van der Waals surface area contributed by atoms with Crippen molar-refractivity contribution in [3.8, 4) is 0 Å². The molecule has 0 unspecified atom stereocenters. The standard InChI is InChI=1S/C65H108N4O49/c1-15-33(82)42(91)46(95)59(105-15)103-13-27-52(39(88)30(56(99)106-27)66-16(2)76)113-57-31(67-17(3)77)40(89)51(24(10-74)109-57)115-62-49(98)54(38(87)25(111-62)12-102-60-47(96)43(92)35(84)21(7-71)107-60)116-63-55(45(94)36(85)22(8-72)108-63)117-58-32(68-18(4)78)41(90)50(23(9-73)110-58)114-61-48(97)44(93)37(86)26(112-61)14-104-65(64(100)101)5-19(79)29(69-28(81)11-75)53(118-65)34(83)20(80)6-70/h15,19-27,29-63,70-75,79-80,82-99H,5-14H2,1-4H3,(H,66,76)(H,67,77)(H,68,78)(H,69,81)(H,100,101)/t15-,19-,20+,21+,22+,23+,24+,25+,26+,27+,29+,30+,31+,32+,33+,34+,35+,36+,37-,38+,39+,40+,41+,42+,43-,44-,45-,46-,47-,48+,49-,50+,51+,52+,53+,54-,55-,56+,57-,58-,59+,60-,61-,62-,63+,65+/m0/s1. The van der Waals surface area contributed by atoms with E-state index >= 15 is 0 Å². The monoisotopic (exact) mass is 1730 g/mol.